The van der Waals surface area contributed by atoms with Gasteiger partial charge in [0.15, 0.2) is 5.92 Å². The quantitative estimate of drug-likeness (QED) is 0.421. The minimum atomic E-state index is -1.22. The van der Waals surface area contributed by atoms with Gasteiger partial charge in [0.25, 0.3) is 0 Å². The van der Waals surface area contributed by atoms with Gasteiger partial charge in [0.05, 0.1) is 13.2 Å². The molecular formula is C13H20O6. The maximum atomic E-state index is 12.0. The van der Waals surface area contributed by atoms with E-state index in [9.17, 15) is 14.4 Å². The van der Waals surface area contributed by atoms with Crippen molar-refractivity contribution in [1.29, 1.82) is 0 Å². The Balaban J connectivity index is 3.00. The number of hydrogen-bond donors (Lipinski definition) is 0. The van der Waals surface area contributed by atoms with Crippen molar-refractivity contribution in [1.82, 2.24) is 0 Å². The van der Waals surface area contributed by atoms with Crippen LogP contribution in [0.1, 0.15) is 27.7 Å². The first-order valence-corrected chi connectivity index (χ1v) is 6.47. The third-order valence-electron chi connectivity index (χ3n) is 2.98. The smallest absolute Gasteiger partial charge is 0.321 e. The number of ether oxygens (including phenoxy) is 3. The lowest BCUT2D eigenvalue weighted by molar-refractivity contribution is -0.161. The van der Waals surface area contributed by atoms with Crippen LogP contribution in [0.5, 0.6) is 0 Å². The number of esters is 3. The Hall–Kier alpha value is -1.59. The Labute approximate surface area is 112 Å². The van der Waals surface area contributed by atoms with Crippen molar-refractivity contribution >= 4 is 17.9 Å². The van der Waals surface area contributed by atoms with E-state index in [4.69, 9.17) is 14.2 Å². The maximum Gasteiger partial charge on any atom is 0.321 e. The molecule has 1 aliphatic heterocycles. The van der Waals surface area contributed by atoms with Gasteiger partial charge in [0.2, 0.25) is 0 Å². The van der Waals surface area contributed by atoms with Gasteiger partial charge in [0, 0.05) is 0 Å². The van der Waals surface area contributed by atoms with E-state index in [2.05, 4.69) is 0 Å². The van der Waals surface area contributed by atoms with Crippen LogP contribution in [0.15, 0.2) is 0 Å². The molecule has 0 aromatic carbocycles. The summed E-state index contributed by atoms with van der Waals surface area (Å²) in [5.41, 5.74) is 0. The van der Waals surface area contributed by atoms with Gasteiger partial charge in [-0.15, -0.1) is 0 Å². The van der Waals surface area contributed by atoms with Gasteiger partial charge < -0.3 is 14.2 Å². The molecule has 1 heterocycles. The topological polar surface area (TPSA) is 78.9 Å². The van der Waals surface area contributed by atoms with Crippen molar-refractivity contribution in [3.63, 3.8) is 0 Å². The highest BCUT2D eigenvalue weighted by Gasteiger charge is 2.55. The second kappa shape index (κ2) is 6.54. The normalized spacial score (nSPS) is 26.2. The standard InChI is InChI=1S/C13H20O6/c1-5-17-11(14)8-9(12(15)18-6-2)13(16)19-10(8)7(3)4/h7-10H,5-6H2,1-4H3. The van der Waals surface area contributed by atoms with Crippen LogP contribution in [0.3, 0.4) is 0 Å². The molecule has 0 aromatic rings. The summed E-state index contributed by atoms with van der Waals surface area (Å²) >= 11 is 0. The van der Waals surface area contributed by atoms with Crippen molar-refractivity contribution in [2.45, 2.75) is 33.8 Å². The molecule has 0 N–H and O–H groups in total. The molecule has 108 valence electrons. The molecular weight excluding hydrogens is 252 g/mol. The first kappa shape index (κ1) is 15.5. The summed E-state index contributed by atoms with van der Waals surface area (Å²) < 4.78 is 14.9. The second-order valence-corrected chi connectivity index (χ2v) is 4.65. The molecule has 3 atom stereocenters. The van der Waals surface area contributed by atoms with Gasteiger partial charge in [-0.25, -0.2) is 0 Å². The molecule has 1 saturated heterocycles. The molecule has 0 aromatic heterocycles. The molecule has 1 aliphatic rings. The first-order valence-electron chi connectivity index (χ1n) is 6.47. The van der Waals surface area contributed by atoms with Crippen LogP contribution < -0.4 is 0 Å². The third-order valence-corrected chi connectivity index (χ3v) is 2.98. The van der Waals surface area contributed by atoms with Crippen molar-refractivity contribution < 1.29 is 28.6 Å². The van der Waals surface area contributed by atoms with Crippen LogP contribution in [0.2, 0.25) is 0 Å². The highest BCUT2D eigenvalue weighted by atomic mass is 16.6. The summed E-state index contributed by atoms with van der Waals surface area (Å²) in [5, 5.41) is 0. The van der Waals surface area contributed by atoms with Gasteiger partial charge in [-0.3, -0.25) is 14.4 Å². The van der Waals surface area contributed by atoms with Gasteiger partial charge >= 0.3 is 17.9 Å². The zero-order valence-electron chi connectivity index (χ0n) is 11.7. The van der Waals surface area contributed by atoms with Crippen LogP contribution in [0.4, 0.5) is 0 Å². The molecule has 19 heavy (non-hydrogen) atoms. The lowest BCUT2D eigenvalue weighted by Gasteiger charge is -2.21. The molecule has 0 saturated carbocycles. The Bertz CT molecular complexity index is 362. The van der Waals surface area contributed by atoms with Crippen LogP contribution in [0, 0.1) is 17.8 Å². The Kier molecular flexibility index (Phi) is 5.32. The maximum absolute atomic E-state index is 12.0. The minimum absolute atomic E-state index is 0.0854. The second-order valence-electron chi connectivity index (χ2n) is 4.65. The molecule has 0 bridgehead atoms. The molecule has 6 heteroatoms. The molecule has 0 radical (unpaired) electrons. The van der Waals surface area contributed by atoms with Crippen LogP contribution >= 0.6 is 0 Å². The lowest BCUT2D eigenvalue weighted by atomic mass is 9.85. The van der Waals surface area contributed by atoms with E-state index in [0.717, 1.165) is 0 Å². The van der Waals surface area contributed by atoms with Crippen LogP contribution in [-0.4, -0.2) is 37.2 Å². The van der Waals surface area contributed by atoms with E-state index in [0.29, 0.717) is 0 Å². The molecule has 6 nitrogen and oxygen atoms in total. The van der Waals surface area contributed by atoms with Gasteiger partial charge in [-0.05, 0) is 19.8 Å². The molecule has 3 unspecified atom stereocenters. The minimum Gasteiger partial charge on any atom is -0.466 e. The van der Waals surface area contributed by atoms with Crippen molar-refractivity contribution in [2.24, 2.45) is 17.8 Å². The summed E-state index contributed by atoms with van der Waals surface area (Å²) in [4.78, 5) is 35.6. The largest absolute Gasteiger partial charge is 0.466 e. The van der Waals surface area contributed by atoms with Gasteiger partial charge in [0.1, 0.15) is 12.0 Å². The summed E-state index contributed by atoms with van der Waals surface area (Å²) in [5.74, 6) is -4.26. The SMILES string of the molecule is CCOC(=O)C1C(=O)OC(C(C)C)C1C(=O)OCC. The number of carbonyl (C=O) groups is 3. The van der Waals surface area contributed by atoms with E-state index in [1.807, 2.05) is 13.8 Å². The zero-order chi connectivity index (χ0) is 14.6. The van der Waals surface area contributed by atoms with Crippen molar-refractivity contribution in [3.8, 4) is 0 Å². The average Bonchev–Trinajstić information content (AvgIpc) is 2.67. The molecule has 1 rings (SSSR count). The molecule has 0 amide bonds. The summed E-state index contributed by atoms with van der Waals surface area (Å²) in [6, 6.07) is 0. The van der Waals surface area contributed by atoms with Crippen molar-refractivity contribution in [2.75, 3.05) is 13.2 Å². The Morgan fingerprint density at radius 3 is 2.16 bits per heavy atom. The van der Waals surface area contributed by atoms with E-state index >= 15 is 0 Å². The number of carbonyl (C=O) groups excluding carboxylic acids is 3. The van der Waals surface area contributed by atoms with Crippen molar-refractivity contribution in [3.05, 3.63) is 0 Å². The highest BCUT2D eigenvalue weighted by Crippen LogP contribution is 2.34. The Morgan fingerprint density at radius 1 is 1.16 bits per heavy atom. The third kappa shape index (κ3) is 3.24. The van der Waals surface area contributed by atoms with E-state index in [-0.39, 0.29) is 19.1 Å². The fourth-order valence-electron chi connectivity index (χ4n) is 2.15. The number of cyclic esters (lactones) is 1. The summed E-state index contributed by atoms with van der Waals surface area (Å²) in [6.45, 7) is 7.26. The highest BCUT2D eigenvalue weighted by molar-refractivity contribution is 6.01. The molecule has 0 spiro atoms. The predicted molar refractivity (Wildman–Crippen MR) is 65.0 cm³/mol. The monoisotopic (exact) mass is 272 g/mol. The number of rotatable bonds is 5. The van der Waals surface area contributed by atoms with E-state index < -0.39 is 35.8 Å². The molecule has 1 fully saturated rings. The fourth-order valence-corrected chi connectivity index (χ4v) is 2.15. The zero-order valence-corrected chi connectivity index (χ0v) is 11.7. The predicted octanol–water partition coefficient (Wildman–Crippen LogP) is 0.926. The van der Waals surface area contributed by atoms with Gasteiger partial charge in [-0.2, -0.15) is 0 Å². The fraction of sp³-hybridized carbons (Fsp3) is 0.769. The summed E-state index contributed by atoms with van der Waals surface area (Å²) in [6.07, 6.45) is -0.652. The lowest BCUT2D eigenvalue weighted by Crippen LogP contribution is -2.38. The average molecular weight is 272 g/mol. The van der Waals surface area contributed by atoms with E-state index in [1.165, 1.54) is 0 Å². The Morgan fingerprint density at radius 2 is 1.68 bits per heavy atom. The van der Waals surface area contributed by atoms with Gasteiger partial charge in [-0.1, -0.05) is 13.8 Å². The van der Waals surface area contributed by atoms with Crippen LogP contribution in [0.25, 0.3) is 0 Å². The summed E-state index contributed by atoms with van der Waals surface area (Å²) in [7, 11) is 0. The molecule has 0 aliphatic carbocycles. The first-order chi connectivity index (χ1) is 8.93. The van der Waals surface area contributed by atoms with E-state index in [1.54, 1.807) is 13.8 Å². The van der Waals surface area contributed by atoms with Crippen LogP contribution in [-0.2, 0) is 28.6 Å². The number of hydrogen-bond acceptors (Lipinski definition) is 6.